The van der Waals surface area contributed by atoms with E-state index in [2.05, 4.69) is 9.88 Å². The second kappa shape index (κ2) is 5.68. The molecule has 15 heavy (non-hydrogen) atoms. The highest BCUT2D eigenvalue weighted by Gasteiger charge is 2.03. The number of anilines is 1. The number of likely N-dealkylation sites (N-methyl/N-ethyl adjacent to an activating group) is 1. The van der Waals surface area contributed by atoms with Gasteiger partial charge >= 0.3 is 0 Å². The van der Waals surface area contributed by atoms with Gasteiger partial charge in [0.25, 0.3) is 0 Å². The molecule has 4 heteroatoms. The fourth-order valence-electron chi connectivity index (χ4n) is 1.24. The van der Waals surface area contributed by atoms with E-state index in [-0.39, 0.29) is 6.04 Å². The molecule has 0 unspecified atom stereocenters. The van der Waals surface area contributed by atoms with Crippen LogP contribution in [0.25, 0.3) is 0 Å². The molecule has 1 atom stereocenters. The molecule has 2 N–H and O–H groups in total. The van der Waals surface area contributed by atoms with Gasteiger partial charge in [-0.1, -0.05) is 6.07 Å². The maximum absolute atomic E-state index is 5.75. The lowest BCUT2D eigenvalue weighted by atomic mass is 10.1. The van der Waals surface area contributed by atoms with Gasteiger partial charge in [-0.2, -0.15) is 0 Å². The van der Waals surface area contributed by atoms with Gasteiger partial charge in [0.05, 0.1) is 6.61 Å². The molecule has 0 fully saturated rings. The van der Waals surface area contributed by atoms with E-state index in [9.17, 15) is 0 Å². The third-order valence-electron chi connectivity index (χ3n) is 2.32. The molecule has 1 aromatic heterocycles. The summed E-state index contributed by atoms with van der Waals surface area (Å²) in [4.78, 5) is 6.39. The maximum atomic E-state index is 5.75. The summed E-state index contributed by atoms with van der Waals surface area (Å²) >= 11 is 0. The first-order valence-corrected chi connectivity index (χ1v) is 5.06. The number of aromatic nitrogens is 1. The molecule has 1 rings (SSSR count). The molecule has 0 amide bonds. The van der Waals surface area contributed by atoms with Crippen molar-refractivity contribution < 1.29 is 4.74 Å². The minimum absolute atomic E-state index is 0.0378. The van der Waals surface area contributed by atoms with E-state index in [0.29, 0.717) is 6.61 Å². The quantitative estimate of drug-likeness (QED) is 0.791. The summed E-state index contributed by atoms with van der Waals surface area (Å²) in [6.45, 7) is 3.49. The molecular weight excluding hydrogens is 190 g/mol. The summed E-state index contributed by atoms with van der Waals surface area (Å²) in [5.74, 6) is 0.941. The topological polar surface area (TPSA) is 51.4 Å². The van der Waals surface area contributed by atoms with Gasteiger partial charge in [-0.25, -0.2) is 4.98 Å². The van der Waals surface area contributed by atoms with Gasteiger partial charge in [0.1, 0.15) is 5.82 Å². The van der Waals surface area contributed by atoms with Crippen molar-refractivity contribution in [1.82, 2.24) is 4.98 Å². The van der Waals surface area contributed by atoms with E-state index >= 15 is 0 Å². The molecular formula is C11H19N3O. The van der Waals surface area contributed by atoms with Crippen LogP contribution in [-0.2, 0) is 4.74 Å². The van der Waals surface area contributed by atoms with Crippen LogP contribution in [0, 0.1) is 0 Å². The second-order valence-electron chi connectivity index (χ2n) is 3.65. The number of methoxy groups -OCH3 is 1. The van der Waals surface area contributed by atoms with Crippen molar-refractivity contribution in [3.05, 3.63) is 23.9 Å². The van der Waals surface area contributed by atoms with E-state index in [0.717, 1.165) is 17.9 Å². The molecule has 0 aromatic carbocycles. The van der Waals surface area contributed by atoms with Crippen LogP contribution < -0.4 is 10.6 Å². The SMILES string of the molecule is COCCN(C)c1ccc([C@H](C)N)cn1. The number of nitrogens with zero attached hydrogens (tertiary/aromatic N) is 2. The fraction of sp³-hybridized carbons (Fsp3) is 0.545. The summed E-state index contributed by atoms with van der Waals surface area (Å²) in [6.07, 6.45) is 1.82. The smallest absolute Gasteiger partial charge is 0.128 e. The molecule has 0 spiro atoms. The molecule has 4 nitrogen and oxygen atoms in total. The lowest BCUT2D eigenvalue weighted by Gasteiger charge is -2.18. The highest BCUT2D eigenvalue weighted by atomic mass is 16.5. The van der Waals surface area contributed by atoms with Crippen molar-refractivity contribution in [2.24, 2.45) is 5.73 Å². The number of hydrogen-bond donors (Lipinski definition) is 1. The van der Waals surface area contributed by atoms with Crippen LogP contribution in [0.2, 0.25) is 0 Å². The third-order valence-corrected chi connectivity index (χ3v) is 2.32. The van der Waals surface area contributed by atoms with Gasteiger partial charge in [0, 0.05) is 32.9 Å². The summed E-state index contributed by atoms with van der Waals surface area (Å²) < 4.78 is 5.01. The molecule has 0 bridgehead atoms. The first kappa shape index (κ1) is 11.9. The predicted molar refractivity (Wildman–Crippen MR) is 62.0 cm³/mol. The Kier molecular flexibility index (Phi) is 4.52. The molecule has 84 valence electrons. The van der Waals surface area contributed by atoms with Gasteiger partial charge in [-0.05, 0) is 18.6 Å². The van der Waals surface area contributed by atoms with Gasteiger partial charge < -0.3 is 15.4 Å². The highest BCUT2D eigenvalue weighted by Crippen LogP contribution is 2.13. The van der Waals surface area contributed by atoms with Crippen LogP contribution in [-0.4, -0.2) is 32.3 Å². The Bertz CT molecular complexity index is 284. The molecule has 1 heterocycles. The maximum Gasteiger partial charge on any atom is 0.128 e. The summed E-state index contributed by atoms with van der Waals surface area (Å²) in [6, 6.07) is 4.03. The molecule has 1 aromatic rings. The zero-order valence-electron chi connectivity index (χ0n) is 9.60. The van der Waals surface area contributed by atoms with Crippen LogP contribution in [0.15, 0.2) is 18.3 Å². The number of hydrogen-bond acceptors (Lipinski definition) is 4. The molecule has 0 aliphatic carbocycles. The van der Waals surface area contributed by atoms with E-state index in [1.807, 2.05) is 32.3 Å². The number of rotatable bonds is 5. The summed E-state index contributed by atoms with van der Waals surface area (Å²) in [7, 11) is 3.69. The standard InChI is InChI=1S/C11H19N3O/c1-9(12)10-4-5-11(13-8-10)14(2)6-7-15-3/h4-5,8-9H,6-7,12H2,1-3H3/t9-/m0/s1. The van der Waals surface area contributed by atoms with Gasteiger partial charge in [-0.15, -0.1) is 0 Å². The van der Waals surface area contributed by atoms with Crippen molar-refractivity contribution in [2.75, 3.05) is 32.2 Å². The lowest BCUT2D eigenvalue weighted by Crippen LogP contribution is -2.23. The van der Waals surface area contributed by atoms with Crippen LogP contribution >= 0.6 is 0 Å². The molecule has 0 saturated carbocycles. The minimum Gasteiger partial charge on any atom is -0.383 e. The molecule has 0 aliphatic heterocycles. The van der Waals surface area contributed by atoms with Crippen molar-refractivity contribution in [2.45, 2.75) is 13.0 Å². The monoisotopic (exact) mass is 209 g/mol. The number of nitrogens with two attached hydrogens (primary N) is 1. The zero-order chi connectivity index (χ0) is 11.3. The Labute approximate surface area is 91.1 Å². The third kappa shape index (κ3) is 3.49. The summed E-state index contributed by atoms with van der Waals surface area (Å²) in [5.41, 5.74) is 6.80. The van der Waals surface area contributed by atoms with E-state index in [4.69, 9.17) is 10.5 Å². The number of pyridine rings is 1. The molecule has 0 saturated heterocycles. The van der Waals surface area contributed by atoms with E-state index in [1.54, 1.807) is 7.11 Å². The average Bonchev–Trinajstić information content (AvgIpc) is 2.26. The Morgan fingerprint density at radius 1 is 1.53 bits per heavy atom. The summed E-state index contributed by atoms with van der Waals surface area (Å²) in [5, 5.41) is 0. The first-order valence-electron chi connectivity index (χ1n) is 5.06. The Morgan fingerprint density at radius 2 is 2.27 bits per heavy atom. The van der Waals surface area contributed by atoms with Crippen molar-refractivity contribution in [1.29, 1.82) is 0 Å². The Balaban J connectivity index is 2.62. The van der Waals surface area contributed by atoms with Crippen LogP contribution in [0.1, 0.15) is 18.5 Å². The Morgan fingerprint density at radius 3 is 2.73 bits per heavy atom. The van der Waals surface area contributed by atoms with Gasteiger partial charge in [-0.3, -0.25) is 0 Å². The van der Waals surface area contributed by atoms with Crippen LogP contribution in [0.4, 0.5) is 5.82 Å². The van der Waals surface area contributed by atoms with Crippen molar-refractivity contribution in [3.8, 4) is 0 Å². The van der Waals surface area contributed by atoms with Gasteiger partial charge in [0.15, 0.2) is 0 Å². The second-order valence-corrected chi connectivity index (χ2v) is 3.65. The first-order chi connectivity index (χ1) is 7.15. The zero-order valence-corrected chi connectivity index (χ0v) is 9.60. The molecule has 0 radical (unpaired) electrons. The normalized spacial score (nSPS) is 12.5. The van der Waals surface area contributed by atoms with Crippen LogP contribution in [0.5, 0.6) is 0 Å². The Hall–Kier alpha value is -1.13. The van der Waals surface area contributed by atoms with E-state index < -0.39 is 0 Å². The van der Waals surface area contributed by atoms with Crippen molar-refractivity contribution in [3.63, 3.8) is 0 Å². The number of ether oxygens (including phenoxy) is 1. The van der Waals surface area contributed by atoms with Crippen molar-refractivity contribution >= 4 is 5.82 Å². The van der Waals surface area contributed by atoms with Crippen LogP contribution in [0.3, 0.4) is 0 Å². The largest absolute Gasteiger partial charge is 0.383 e. The highest BCUT2D eigenvalue weighted by molar-refractivity contribution is 5.38. The average molecular weight is 209 g/mol. The fourth-order valence-corrected chi connectivity index (χ4v) is 1.24. The predicted octanol–water partition coefficient (Wildman–Crippen LogP) is 1.18. The molecule has 0 aliphatic rings. The lowest BCUT2D eigenvalue weighted by molar-refractivity contribution is 0.206. The van der Waals surface area contributed by atoms with Gasteiger partial charge in [0.2, 0.25) is 0 Å². The van der Waals surface area contributed by atoms with E-state index in [1.165, 1.54) is 0 Å². The minimum atomic E-state index is 0.0378.